The number of esters is 1. The number of nitrogens with zero attached hydrogens (tertiary/aromatic N) is 1. The molecule has 2 rings (SSSR count). The van der Waals surface area contributed by atoms with Crippen molar-refractivity contribution in [3.05, 3.63) is 40.7 Å². The van der Waals surface area contributed by atoms with Gasteiger partial charge in [-0.05, 0) is 18.2 Å². The van der Waals surface area contributed by atoms with E-state index in [0.29, 0.717) is 6.07 Å². The fraction of sp³-hybridized carbons (Fsp3) is 0.231. The van der Waals surface area contributed by atoms with E-state index in [0.717, 1.165) is 23.5 Å². The third-order valence-electron chi connectivity index (χ3n) is 2.62. The molecule has 0 amide bonds. The van der Waals surface area contributed by atoms with Crippen LogP contribution in [0, 0.1) is 5.82 Å². The molecular weight excluding hydrogens is 310 g/mol. The van der Waals surface area contributed by atoms with E-state index < -0.39 is 23.5 Å². The molecular formula is C13H9F4NO2S. The highest BCUT2D eigenvalue weighted by molar-refractivity contribution is 7.13. The summed E-state index contributed by atoms with van der Waals surface area (Å²) in [6, 6.07) is 2.20. The van der Waals surface area contributed by atoms with Gasteiger partial charge >= 0.3 is 12.1 Å². The summed E-state index contributed by atoms with van der Waals surface area (Å²) >= 11 is 0.909. The normalized spacial score (nSPS) is 11.5. The maximum absolute atomic E-state index is 13.2. The van der Waals surface area contributed by atoms with Crippen LogP contribution in [0.1, 0.15) is 11.3 Å². The number of rotatable bonds is 3. The van der Waals surface area contributed by atoms with Crippen molar-refractivity contribution in [1.29, 1.82) is 0 Å². The molecule has 0 aliphatic rings. The Hall–Kier alpha value is -1.96. The summed E-state index contributed by atoms with van der Waals surface area (Å²) in [5.74, 6) is -1.34. The van der Waals surface area contributed by atoms with E-state index in [-0.39, 0.29) is 22.7 Å². The quantitative estimate of drug-likeness (QED) is 0.640. The fourth-order valence-electron chi connectivity index (χ4n) is 1.67. The minimum absolute atomic E-state index is 0.000674. The molecule has 0 bridgehead atoms. The molecule has 0 atom stereocenters. The van der Waals surface area contributed by atoms with Crippen molar-refractivity contribution in [2.24, 2.45) is 0 Å². The van der Waals surface area contributed by atoms with Gasteiger partial charge in [0.25, 0.3) is 0 Å². The SMILES string of the molecule is COC(=O)Cc1csc(-c2cc(F)ccc2C(F)(F)F)n1. The summed E-state index contributed by atoms with van der Waals surface area (Å²) in [5.41, 5.74) is -1.04. The zero-order chi connectivity index (χ0) is 15.6. The first kappa shape index (κ1) is 15.4. The summed E-state index contributed by atoms with van der Waals surface area (Å²) in [6.07, 6.45) is -4.76. The first-order chi connectivity index (χ1) is 9.81. The molecule has 8 heteroatoms. The van der Waals surface area contributed by atoms with Crippen LogP contribution in [-0.4, -0.2) is 18.1 Å². The molecule has 2 aromatic rings. The summed E-state index contributed by atoms with van der Waals surface area (Å²) in [7, 11) is 1.20. The number of hydrogen-bond donors (Lipinski definition) is 0. The second-order valence-electron chi connectivity index (χ2n) is 4.08. The number of methoxy groups -OCH3 is 1. The highest BCUT2D eigenvalue weighted by Gasteiger charge is 2.34. The second kappa shape index (κ2) is 5.80. The first-order valence-electron chi connectivity index (χ1n) is 5.69. The fourth-order valence-corrected chi connectivity index (χ4v) is 2.52. The third kappa shape index (κ3) is 3.57. The van der Waals surface area contributed by atoms with Crippen LogP contribution in [0.5, 0.6) is 0 Å². The molecule has 1 aromatic heterocycles. The van der Waals surface area contributed by atoms with Crippen molar-refractivity contribution >= 4 is 17.3 Å². The Labute approximate surface area is 121 Å². The predicted molar refractivity (Wildman–Crippen MR) is 68.2 cm³/mol. The Bertz CT molecular complexity index is 666. The summed E-state index contributed by atoms with van der Waals surface area (Å²) in [6.45, 7) is 0. The molecule has 1 aromatic carbocycles. The lowest BCUT2D eigenvalue weighted by atomic mass is 10.1. The van der Waals surface area contributed by atoms with Gasteiger partial charge in [-0.3, -0.25) is 4.79 Å². The van der Waals surface area contributed by atoms with Gasteiger partial charge in [0.1, 0.15) is 10.8 Å². The van der Waals surface area contributed by atoms with Crippen molar-refractivity contribution in [2.45, 2.75) is 12.6 Å². The number of carbonyl (C=O) groups is 1. The van der Waals surface area contributed by atoms with E-state index in [1.54, 1.807) is 0 Å². The second-order valence-corrected chi connectivity index (χ2v) is 4.94. The molecule has 21 heavy (non-hydrogen) atoms. The lowest BCUT2D eigenvalue weighted by Gasteiger charge is -2.10. The van der Waals surface area contributed by atoms with Crippen molar-refractivity contribution < 1.29 is 27.1 Å². The minimum atomic E-state index is -4.61. The maximum Gasteiger partial charge on any atom is 0.417 e. The number of benzene rings is 1. The van der Waals surface area contributed by atoms with Crippen molar-refractivity contribution in [2.75, 3.05) is 7.11 Å². The Kier molecular flexibility index (Phi) is 4.26. The van der Waals surface area contributed by atoms with E-state index in [4.69, 9.17) is 0 Å². The summed E-state index contributed by atoms with van der Waals surface area (Å²) in [5, 5.41) is 1.44. The van der Waals surface area contributed by atoms with Crippen molar-refractivity contribution in [1.82, 2.24) is 4.98 Å². The zero-order valence-electron chi connectivity index (χ0n) is 10.7. The largest absolute Gasteiger partial charge is 0.469 e. The number of aromatic nitrogens is 1. The lowest BCUT2D eigenvalue weighted by Crippen LogP contribution is -2.08. The van der Waals surface area contributed by atoms with Crippen LogP contribution in [0.15, 0.2) is 23.6 Å². The van der Waals surface area contributed by atoms with E-state index >= 15 is 0 Å². The van der Waals surface area contributed by atoms with Crippen LogP contribution in [0.3, 0.4) is 0 Å². The van der Waals surface area contributed by atoms with Gasteiger partial charge in [-0.15, -0.1) is 11.3 Å². The molecule has 0 saturated heterocycles. The molecule has 3 nitrogen and oxygen atoms in total. The van der Waals surface area contributed by atoms with Crippen LogP contribution in [0.2, 0.25) is 0 Å². The summed E-state index contributed by atoms with van der Waals surface area (Å²) < 4.78 is 56.4. The molecule has 0 aliphatic carbocycles. The lowest BCUT2D eigenvalue weighted by molar-refractivity contribution is -0.140. The molecule has 0 aliphatic heterocycles. The number of thiazole rings is 1. The first-order valence-corrected chi connectivity index (χ1v) is 6.57. The molecule has 0 radical (unpaired) electrons. The number of ether oxygens (including phenoxy) is 1. The molecule has 112 valence electrons. The number of hydrogen-bond acceptors (Lipinski definition) is 4. The van der Waals surface area contributed by atoms with Gasteiger partial charge in [0.15, 0.2) is 0 Å². The van der Waals surface area contributed by atoms with Gasteiger partial charge in [0.2, 0.25) is 0 Å². The van der Waals surface area contributed by atoms with Crippen molar-refractivity contribution in [3.8, 4) is 10.6 Å². The number of halogens is 4. The molecule has 0 unspecified atom stereocenters. The van der Waals surface area contributed by atoms with E-state index in [1.807, 2.05) is 0 Å². The van der Waals surface area contributed by atoms with Gasteiger partial charge in [0, 0.05) is 10.9 Å². The standard InChI is InChI=1S/C13H9F4NO2S/c1-20-11(19)5-8-6-21-12(18-8)9-4-7(14)2-3-10(9)13(15,16)17/h2-4,6H,5H2,1H3. The van der Waals surface area contributed by atoms with Crippen LogP contribution in [0.4, 0.5) is 17.6 Å². The van der Waals surface area contributed by atoms with Gasteiger partial charge in [-0.2, -0.15) is 13.2 Å². The topological polar surface area (TPSA) is 39.2 Å². The van der Waals surface area contributed by atoms with Crippen LogP contribution < -0.4 is 0 Å². The van der Waals surface area contributed by atoms with Gasteiger partial charge in [0.05, 0.1) is 24.8 Å². The minimum Gasteiger partial charge on any atom is -0.469 e. The van der Waals surface area contributed by atoms with E-state index in [2.05, 4.69) is 9.72 Å². The average Bonchev–Trinajstić information content (AvgIpc) is 2.85. The number of alkyl halides is 3. The molecule has 0 saturated carbocycles. The van der Waals surface area contributed by atoms with Crippen LogP contribution in [-0.2, 0) is 22.1 Å². The molecule has 0 spiro atoms. The van der Waals surface area contributed by atoms with Crippen molar-refractivity contribution in [3.63, 3.8) is 0 Å². The highest BCUT2D eigenvalue weighted by atomic mass is 32.1. The van der Waals surface area contributed by atoms with E-state index in [9.17, 15) is 22.4 Å². The van der Waals surface area contributed by atoms with Crippen LogP contribution >= 0.6 is 11.3 Å². The summed E-state index contributed by atoms with van der Waals surface area (Å²) in [4.78, 5) is 15.0. The van der Waals surface area contributed by atoms with Crippen LogP contribution in [0.25, 0.3) is 10.6 Å². The predicted octanol–water partition coefficient (Wildman–Crippen LogP) is 3.68. The molecule has 0 N–H and O–H groups in total. The molecule has 0 fully saturated rings. The van der Waals surface area contributed by atoms with E-state index in [1.165, 1.54) is 12.5 Å². The maximum atomic E-state index is 13.2. The smallest absolute Gasteiger partial charge is 0.417 e. The Morgan fingerprint density at radius 3 is 2.71 bits per heavy atom. The molecule has 1 heterocycles. The average molecular weight is 319 g/mol. The highest BCUT2D eigenvalue weighted by Crippen LogP contribution is 2.38. The number of carbonyl (C=O) groups excluding carboxylic acids is 1. The van der Waals surface area contributed by atoms with Gasteiger partial charge < -0.3 is 4.74 Å². The van der Waals surface area contributed by atoms with Gasteiger partial charge in [-0.25, -0.2) is 9.37 Å². The Balaban J connectivity index is 2.42. The van der Waals surface area contributed by atoms with Gasteiger partial charge in [-0.1, -0.05) is 0 Å². The third-order valence-corrected chi connectivity index (χ3v) is 3.55. The zero-order valence-corrected chi connectivity index (χ0v) is 11.5. The Morgan fingerprint density at radius 1 is 1.38 bits per heavy atom. The monoisotopic (exact) mass is 319 g/mol. The Morgan fingerprint density at radius 2 is 2.10 bits per heavy atom.